The molecule has 0 amide bonds. The Morgan fingerprint density at radius 1 is 1.29 bits per heavy atom. The quantitative estimate of drug-likeness (QED) is 0.614. The first-order valence-electron chi connectivity index (χ1n) is 7.30. The van der Waals surface area contributed by atoms with E-state index in [9.17, 15) is 9.59 Å². The molecule has 0 saturated carbocycles. The smallest absolute Gasteiger partial charge is 0.177 e. The first-order valence-corrected chi connectivity index (χ1v) is 7.30. The number of allylic oxidation sites excluding steroid dienone is 2. The number of ketones is 2. The van der Waals surface area contributed by atoms with Crippen LogP contribution in [0.5, 0.6) is 5.75 Å². The minimum atomic E-state index is -0.891. The van der Waals surface area contributed by atoms with Crippen molar-refractivity contribution in [3.05, 3.63) is 40.5 Å². The lowest BCUT2D eigenvalue weighted by molar-refractivity contribution is -0.125. The topological polar surface area (TPSA) is 43.4 Å². The predicted molar refractivity (Wildman–Crippen MR) is 80.8 cm³/mol. The number of benzene rings is 1. The number of Topliss-reactive ketones (excluding diaryl/α,β-unsaturated/α-hetero) is 2. The van der Waals surface area contributed by atoms with Crippen LogP contribution in [0.4, 0.5) is 0 Å². The maximum atomic E-state index is 13.0. The van der Waals surface area contributed by atoms with Crippen molar-refractivity contribution in [2.24, 2.45) is 5.41 Å². The summed E-state index contributed by atoms with van der Waals surface area (Å²) in [6.07, 6.45) is 1.33. The van der Waals surface area contributed by atoms with Crippen molar-refractivity contribution < 1.29 is 14.3 Å². The van der Waals surface area contributed by atoms with Crippen LogP contribution in [0.3, 0.4) is 0 Å². The number of hydrogen-bond acceptors (Lipinski definition) is 3. The fourth-order valence-electron chi connectivity index (χ4n) is 3.89. The van der Waals surface area contributed by atoms with Gasteiger partial charge in [0.25, 0.3) is 0 Å². The molecule has 0 bridgehead atoms. The molecule has 3 rings (SSSR count). The van der Waals surface area contributed by atoms with Crippen molar-refractivity contribution >= 4 is 11.6 Å². The summed E-state index contributed by atoms with van der Waals surface area (Å²) in [6, 6.07) is 5.54. The number of methoxy groups -OCH3 is 1. The third-order valence-corrected chi connectivity index (χ3v) is 5.29. The summed E-state index contributed by atoms with van der Waals surface area (Å²) in [4.78, 5) is 25.4. The molecule has 2 aliphatic rings. The number of ether oxygens (including phenoxy) is 1. The molecule has 3 heteroatoms. The van der Waals surface area contributed by atoms with Crippen molar-refractivity contribution in [3.8, 4) is 5.75 Å². The summed E-state index contributed by atoms with van der Waals surface area (Å²) < 4.78 is 5.29. The normalized spacial score (nSPS) is 27.4. The highest BCUT2D eigenvalue weighted by Crippen LogP contribution is 2.57. The number of carbonyl (C=O) groups is 2. The Balaban J connectivity index is 2.23. The van der Waals surface area contributed by atoms with E-state index in [1.54, 1.807) is 20.1 Å². The van der Waals surface area contributed by atoms with Crippen LogP contribution in [0.1, 0.15) is 55.5 Å². The van der Waals surface area contributed by atoms with E-state index in [0.29, 0.717) is 12.0 Å². The molecule has 0 aliphatic heterocycles. The van der Waals surface area contributed by atoms with Crippen molar-refractivity contribution in [2.45, 2.75) is 39.5 Å². The van der Waals surface area contributed by atoms with Gasteiger partial charge in [-0.05, 0) is 57.4 Å². The Morgan fingerprint density at radius 2 is 2.00 bits per heavy atom. The Morgan fingerprint density at radius 3 is 2.62 bits per heavy atom. The van der Waals surface area contributed by atoms with E-state index >= 15 is 0 Å². The molecule has 2 aliphatic carbocycles. The molecule has 0 radical (unpaired) electrons. The maximum absolute atomic E-state index is 13.0. The maximum Gasteiger partial charge on any atom is 0.177 e. The van der Waals surface area contributed by atoms with Crippen LogP contribution < -0.4 is 4.74 Å². The molecular weight excluding hydrogens is 264 g/mol. The molecule has 0 heterocycles. The van der Waals surface area contributed by atoms with E-state index in [-0.39, 0.29) is 17.5 Å². The third kappa shape index (κ3) is 1.73. The fourth-order valence-corrected chi connectivity index (χ4v) is 3.89. The second kappa shape index (κ2) is 4.55. The van der Waals surface area contributed by atoms with E-state index in [1.165, 1.54) is 11.1 Å². The van der Waals surface area contributed by atoms with E-state index in [4.69, 9.17) is 4.74 Å². The zero-order chi connectivity index (χ0) is 15.4. The largest absolute Gasteiger partial charge is 0.497 e. The lowest BCUT2D eigenvalue weighted by Crippen LogP contribution is -2.41. The fraction of sp³-hybridized carbons (Fsp3) is 0.444. The molecule has 0 fully saturated rings. The van der Waals surface area contributed by atoms with Crippen LogP contribution >= 0.6 is 0 Å². The molecule has 0 spiro atoms. The minimum Gasteiger partial charge on any atom is -0.497 e. The molecule has 0 aromatic heterocycles. The van der Waals surface area contributed by atoms with Crippen molar-refractivity contribution in [1.82, 2.24) is 0 Å². The van der Waals surface area contributed by atoms with Gasteiger partial charge in [0.05, 0.1) is 7.11 Å². The highest BCUT2D eigenvalue weighted by molar-refractivity contribution is 6.18. The standard InChI is InChI=1S/C18H20O3/c1-10-7-16-15-8-13(21-4)5-6-14(15)17(20)18(16,12(3)19)9-11(10)2/h5-6,8,16H,7,9H2,1-4H3/t16-,18+/m0/s1. The number of fused-ring (bicyclic) bond motifs is 3. The number of rotatable bonds is 2. The average Bonchev–Trinajstić information content (AvgIpc) is 2.70. The molecule has 0 unspecified atom stereocenters. The molecule has 0 saturated heterocycles. The summed E-state index contributed by atoms with van der Waals surface area (Å²) in [5.74, 6) is 0.671. The number of carbonyl (C=O) groups excluding carboxylic acids is 2. The van der Waals surface area contributed by atoms with Gasteiger partial charge in [-0.3, -0.25) is 9.59 Å². The van der Waals surface area contributed by atoms with Crippen molar-refractivity contribution in [3.63, 3.8) is 0 Å². The van der Waals surface area contributed by atoms with Gasteiger partial charge in [-0.1, -0.05) is 11.1 Å². The molecule has 2 atom stereocenters. The second-order valence-corrected chi connectivity index (χ2v) is 6.30. The summed E-state index contributed by atoms with van der Waals surface area (Å²) in [5.41, 5.74) is 3.24. The van der Waals surface area contributed by atoms with Crippen molar-refractivity contribution in [1.29, 1.82) is 0 Å². The lowest BCUT2D eigenvalue weighted by Gasteiger charge is -2.37. The van der Waals surface area contributed by atoms with Crippen LogP contribution in [0.2, 0.25) is 0 Å². The highest BCUT2D eigenvalue weighted by atomic mass is 16.5. The molecule has 21 heavy (non-hydrogen) atoms. The first kappa shape index (κ1) is 14.1. The monoisotopic (exact) mass is 284 g/mol. The summed E-state index contributed by atoms with van der Waals surface area (Å²) in [5, 5.41) is 0. The minimum absolute atomic E-state index is 0.00972. The van der Waals surface area contributed by atoms with E-state index in [2.05, 4.69) is 6.92 Å². The van der Waals surface area contributed by atoms with Gasteiger partial charge in [0.1, 0.15) is 16.9 Å². The Kier molecular flexibility index (Phi) is 3.05. The van der Waals surface area contributed by atoms with Gasteiger partial charge in [-0.2, -0.15) is 0 Å². The molecule has 1 aromatic carbocycles. The van der Waals surface area contributed by atoms with Gasteiger partial charge in [-0.25, -0.2) is 0 Å². The SMILES string of the molecule is COc1ccc2c(c1)[C@@H]1CC(C)=C(C)C[C@]1(C(C)=O)C2=O. The van der Waals surface area contributed by atoms with Crippen molar-refractivity contribution in [2.75, 3.05) is 7.11 Å². The zero-order valence-corrected chi connectivity index (χ0v) is 12.9. The van der Waals surface area contributed by atoms with Gasteiger partial charge in [0.15, 0.2) is 5.78 Å². The van der Waals surface area contributed by atoms with Gasteiger partial charge in [0, 0.05) is 11.5 Å². The highest BCUT2D eigenvalue weighted by Gasteiger charge is 2.57. The zero-order valence-electron chi connectivity index (χ0n) is 12.9. The van der Waals surface area contributed by atoms with Crippen LogP contribution in [0, 0.1) is 5.41 Å². The Labute approximate surface area is 125 Å². The average molecular weight is 284 g/mol. The molecule has 0 N–H and O–H groups in total. The van der Waals surface area contributed by atoms with Gasteiger partial charge in [-0.15, -0.1) is 0 Å². The number of hydrogen-bond donors (Lipinski definition) is 0. The van der Waals surface area contributed by atoms with Gasteiger partial charge >= 0.3 is 0 Å². The van der Waals surface area contributed by atoms with E-state index in [1.807, 2.05) is 19.1 Å². The first-order chi connectivity index (χ1) is 9.91. The summed E-state index contributed by atoms with van der Waals surface area (Å²) in [7, 11) is 1.62. The third-order valence-electron chi connectivity index (χ3n) is 5.29. The van der Waals surface area contributed by atoms with Crippen LogP contribution in [-0.2, 0) is 4.79 Å². The van der Waals surface area contributed by atoms with E-state index in [0.717, 1.165) is 17.7 Å². The van der Waals surface area contributed by atoms with Crippen LogP contribution in [0.15, 0.2) is 29.3 Å². The summed E-state index contributed by atoms with van der Waals surface area (Å²) >= 11 is 0. The second-order valence-electron chi connectivity index (χ2n) is 6.30. The predicted octanol–water partition coefficient (Wildman–Crippen LogP) is 3.68. The van der Waals surface area contributed by atoms with Gasteiger partial charge in [0.2, 0.25) is 0 Å². The molecule has 3 nitrogen and oxygen atoms in total. The Bertz CT molecular complexity index is 684. The van der Waals surface area contributed by atoms with E-state index < -0.39 is 5.41 Å². The lowest BCUT2D eigenvalue weighted by atomic mass is 9.63. The van der Waals surface area contributed by atoms with Gasteiger partial charge < -0.3 is 4.74 Å². The van der Waals surface area contributed by atoms with Crippen LogP contribution in [0.25, 0.3) is 0 Å². The Hall–Kier alpha value is -1.90. The molecule has 1 aromatic rings. The molecular formula is C18H20O3. The summed E-state index contributed by atoms with van der Waals surface area (Å²) in [6.45, 7) is 5.69. The molecule has 110 valence electrons. The van der Waals surface area contributed by atoms with Crippen LogP contribution in [-0.4, -0.2) is 18.7 Å².